The standard InChI is InChI=1S/C18H28N2O3/c1-14-4-5-16(15(2)12-14)19-17(22)13-20(3)18(6-9-21)7-10-23-11-8-18/h4-5,12,21H,6-11,13H2,1-3H3,(H,19,22). The normalized spacial score (nSPS) is 17.3. The molecule has 1 heterocycles. The number of aliphatic hydroxyl groups excluding tert-OH is 1. The van der Waals surface area contributed by atoms with Crippen LogP contribution in [0.15, 0.2) is 18.2 Å². The van der Waals surface area contributed by atoms with Gasteiger partial charge in [-0.05, 0) is 51.8 Å². The Morgan fingerprint density at radius 1 is 1.35 bits per heavy atom. The van der Waals surface area contributed by atoms with Crippen molar-refractivity contribution in [3.8, 4) is 0 Å². The molecule has 2 N–H and O–H groups in total. The van der Waals surface area contributed by atoms with Gasteiger partial charge in [-0.2, -0.15) is 0 Å². The molecule has 0 spiro atoms. The van der Waals surface area contributed by atoms with Crippen molar-refractivity contribution in [1.82, 2.24) is 4.90 Å². The molecular weight excluding hydrogens is 292 g/mol. The number of anilines is 1. The number of rotatable bonds is 6. The Labute approximate surface area is 138 Å². The smallest absolute Gasteiger partial charge is 0.238 e. The Hall–Kier alpha value is -1.43. The first-order valence-electron chi connectivity index (χ1n) is 8.24. The van der Waals surface area contributed by atoms with E-state index in [1.807, 2.05) is 33.0 Å². The zero-order valence-corrected chi connectivity index (χ0v) is 14.4. The second-order valence-corrected chi connectivity index (χ2v) is 6.53. The second kappa shape index (κ2) is 7.90. The van der Waals surface area contributed by atoms with Gasteiger partial charge < -0.3 is 15.2 Å². The molecule has 0 aliphatic carbocycles. The number of nitrogens with zero attached hydrogens (tertiary/aromatic N) is 1. The molecule has 0 unspecified atom stereocenters. The highest BCUT2D eigenvalue weighted by atomic mass is 16.5. The fraction of sp³-hybridized carbons (Fsp3) is 0.611. The number of carbonyl (C=O) groups is 1. The summed E-state index contributed by atoms with van der Waals surface area (Å²) < 4.78 is 5.44. The molecule has 2 rings (SSSR count). The van der Waals surface area contributed by atoms with Gasteiger partial charge in [-0.3, -0.25) is 9.69 Å². The predicted molar refractivity (Wildman–Crippen MR) is 91.7 cm³/mol. The highest BCUT2D eigenvalue weighted by Crippen LogP contribution is 2.30. The van der Waals surface area contributed by atoms with E-state index < -0.39 is 0 Å². The molecule has 1 aliphatic heterocycles. The Balaban J connectivity index is 2.00. The maximum absolute atomic E-state index is 12.4. The fourth-order valence-electron chi connectivity index (χ4n) is 3.31. The molecule has 1 fully saturated rings. The minimum atomic E-state index is -0.146. The summed E-state index contributed by atoms with van der Waals surface area (Å²) in [6.07, 6.45) is 2.37. The molecule has 1 aromatic carbocycles. The number of ether oxygens (including phenoxy) is 1. The largest absolute Gasteiger partial charge is 0.396 e. The highest BCUT2D eigenvalue weighted by molar-refractivity contribution is 5.93. The molecule has 0 radical (unpaired) electrons. The number of aryl methyl sites for hydroxylation is 2. The molecular formula is C18H28N2O3. The molecule has 0 saturated carbocycles. The summed E-state index contributed by atoms with van der Waals surface area (Å²) in [7, 11) is 1.96. The molecule has 1 aliphatic rings. The van der Waals surface area contributed by atoms with Crippen LogP contribution in [0.25, 0.3) is 0 Å². The quantitative estimate of drug-likeness (QED) is 0.843. The van der Waals surface area contributed by atoms with E-state index in [9.17, 15) is 9.90 Å². The summed E-state index contributed by atoms with van der Waals surface area (Å²) in [5.74, 6) is -0.0248. The first-order chi connectivity index (χ1) is 11.0. The van der Waals surface area contributed by atoms with Crippen LogP contribution in [0.5, 0.6) is 0 Å². The van der Waals surface area contributed by atoms with Gasteiger partial charge in [0, 0.05) is 31.0 Å². The minimum Gasteiger partial charge on any atom is -0.396 e. The lowest BCUT2D eigenvalue weighted by molar-refractivity contribution is -0.120. The number of likely N-dealkylation sites (N-methyl/N-ethyl adjacent to an activating group) is 1. The van der Waals surface area contributed by atoms with E-state index in [1.54, 1.807) is 0 Å². The second-order valence-electron chi connectivity index (χ2n) is 6.53. The van der Waals surface area contributed by atoms with Crippen LogP contribution < -0.4 is 5.32 Å². The molecule has 1 saturated heterocycles. The zero-order valence-electron chi connectivity index (χ0n) is 14.4. The molecule has 5 heteroatoms. The SMILES string of the molecule is Cc1ccc(NC(=O)CN(C)C2(CCO)CCOCC2)c(C)c1. The van der Waals surface area contributed by atoms with E-state index in [2.05, 4.69) is 16.3 Å². The van der Waals surface area contributed by atoms with Crippen molar-refractivity contribution >= 4 is 11.6 Å². The van der Waals surface area contributed by atoms with Crippen LogP contribution in [-0.4, -0.2) is 54.9 Å². The Bertz CT molecular complexity index is 534. The van der Waals surface area contributed by atoms with Gasteiger partial charge in [0.25, 0.3) is 0 Å². The number of hydrogen-bond acceptors (Lipinski definition) is 4. The van der Waals surface area contributed by atoms with Gasteiger partial charge >= 0.3 is 0 Å². The lowest BCUT2D eigenvalue weighted by atomic mass is 9.85. The monoisotopic (exact) mass is 320 g/mol. The van der Waals surface area contributed by atoms with Crippen LogP contribution >= 0.6 is 0 Å². The van der Waals surface area contributed by atoms with Crippen LogP contribution in [-0.2, 0) is 9.53 Å². The first-order valence-corrected chi connectivity index (χ1v) is 8.24. The van der Waals surface area contributed by atoms with Gasteiger partial charge in [-0.1, -0.05) is 17.7 Å². The lowest BCUT2D eigenvalue weighted by Gasteiger charge is -2.44. The number of benzene rings is 1. The summed E-state index contributed by atoms with van der Waals surface area (Å²) in [6, 6.07) is 6.00. The van der Waals surface area contributed by atoms with Gasteiger partial charge in [0.1, 0.15) is 0 Å². The van der Waals surface area contributed by atoms with E-state index >= 15 is 0 Å². The van der Waals surface area contributed by atoms with Crippen molar-refractivity contribution in [2.24, 2.45) is 0 Å². The van der Waals surface area contributed by atoms with Crippen LogP contribution in [0, 0.1) is 13.8 Å². The van der Waals surface area contributed by atoms with Gasteiger partial charge in [-0.25, -0.2) is 0 Å². The fourth-order valence-corrected chi connectivity index (χ4v) is 3.31. The van der Waals surface area contributed by atoms with Gasteiger partial charge in [0.05, 0.1) is 6.54 Å². The van der Waals surface area contributed by atoms with Gasteiger partial charge in [-0.15, -0.1) is 0 Å². The zero-order chi connectivity index (χ0) is 16.9. The molecule has 0 atom stereocenters. The number of hydrogen-bond donors (Lipinski definition) is 2. The summed E-state index contributed by atoms with van der Waals surface area (Å²) in [6.45, 7) is 5.84. The van der Waals surface area contributed by atoms with Crippen LogP contribution in [0.4, 0.5) is 5.69 Å². The van der Waals surface area contributed by atoms with E-state index in [4.69, 9.17) is 4.74 Å². The number of aliphatic hydroxyl groups is 1. The Morgan fingerprint density at radius 2 is 2.04 bits per heavy atom. The average molecular weight is 320 g/mol. The Morgan fingerprint density at radius 3 is 2.65 bits per heavy atom. The third kappa shape index (κ3) is 4.53. The first kappa shape index (κ1) is 17.9. The van der Waals surface area contributed by atoms with E-state index in [0.29, 0.717) is 26.2 Å². The summed E-state index contributed by atoms with van der Waals surface area (Å²) in [4.78, 5) is 14.5. The predicted octanol–water partition coefficient (Wildman–Crippen LogP) is 2.11. The van der Waals surface area contributed by atoms with Crippen molar-refractivity contribution in [2.45, 2.75) is 38.6 Å². The highest BCUT2D eigenvalue weighted by Gasteiger charge is 2.36. The number of carbonyl (C=O) groups excluding carboxylic acids is 1. The molecule has 1 aromatic rings. The molecule has 23 heavy (non-hydrogen) atoms. The van der Waals surface area contributed by atoms with Crippen LogP contribution in [0.1, 0.15) is 30.4 Å². The molecule has 128 valence electrons. The van der Waals surface area contributed by atoms with Crippen LogP contribution in [0.2, 0.25) is 0 Å². The third-order valence-electron chi connectivity index (χ3n) is 4.85. The summed E-state index contributed by atoms with van der Waals surface area (Å²) >= 11 is 0. The third-order valence-corrected chi connectivity index (χ3v) is 4.85. The van der Waals surface area contributed by atoms with Crippen molar-refractivity contribution in [2.75, 3.05) is 38.7 Å². The van der Waals surface area contributed by atoms with E-state index in [-0.39, 0.29) is 18.1 Å². The molecule has 0 aromatic heterocycles. The lowest BCUT2D eigenvalue weighted by Crippen LogP contribution is -2.53. The number of nitrogens with one attached hydrogen (secondary N) is 1. The molecule has 1 amide bonds. The van der Waals surface area contributed by atoms with Crippen molar-refractivity contribution in [3.05, 3.63) is 29.3 Å². The summed E-state index contributed by atoms with van der Waals surface area (Å²) in [5, 5.41) is 12.4. The van der Waals surface area contributed by atoms with Gasteiger partial charge in [0.15, 0.2) is 0 Å². The average Bonchev–Trinajstić information content (AvgIpc) is 2.51. The van der Waals surface area contributed by atoms with Crippen molar-refractivity contribution < 1.29 is 14.6 Å². The molecule has 5 nitrogen and oxygen atoms in total. The maximum atomic E-state index is 12.4. The van der Waals surface area contributed by atoms with Gasteiger partial charge in [0.2, 0.25) is 5.91 Å². The minimum absolute atomic E-state index is 0.0248. The maximum Gasteiger partial charge on any atom is 0.238 e. The summed E-state index contributed by atoms with van der Waals surface area (Å²) in [5.41, 5.74) is 2.96. The number of amides is 1. The topological polar surface area (TPSA) is 61.8 Å². The van der Waals surface area contributed by atoms with Crippen LogP contribution in [0.3, 0.4) is 0 Å². The molecule has 0 bridgehead atoms. The van der Waals surface area contributed by atoms with E-state index in [1.165, 1.54) is 5.56 Å². The Kier molecular flexibility index (Phi) is 6.16. The van der Waals surface area contributed by atoms with E-state index in [0.717, 1.165) is 24.1 Å². The van der Waals surface area contributed by atoms with Crippen molar-refractivity contribution in [3.63, 3.8) is 0 Å². The van der Waals surface area contributed by atoms with Crippen molar-refractivity contribution in [1.29, 1.82) is 0 Å².